The Labute approximate surface area is 210 Å². The maximum Gasteiger partial charge on any atom is 0.261 e. The van der Waals surface area contributed by atoms with Crippen LogP contribution in [0.2, 0.25) is 0 Å². The van der Waals surface area contributed by atoms with E-state index < -0.39 is 0 Å². The summed E-state index contributed by atoms with van der Waals surface area (Å²) in [6.45, 7) is 6.45. The van der Waals surface area contributed by atoms with Crippen LogP contribution in [0.5, 0.6) is 0 Å². The van der Waals surface area contributed by atoms with Crippen molar-refractivity contribution in [2.45, 2.75) is 13.3 Å². The lowest BCUT2D eigenvalue weighted by molar-refractivity contribution is 0.0989. The van der Waals surface area contributed by atoms with E-state index in [-0.39, 0.29) is 5.91 Å². The first-order valence-corrected chi connectivity index (χ1v) is 12.3. The molecule has 2 aliphatic heterocycles. The molecule has 0 N–H and O–H groups in total. The van der Waals surface area contributed by atoms with Crippen LogP contribution in [0, 0.1) is 18.3 Å². The highest BCUT2D eigenvalue weighted by atomic mass is 16.2. The highest BCUT2D eigenvalue weighted by Gasteiger charge is 2.29. The molecule has 1 amide bonds. The Morgan fingerprint density at radius 2 is 1.81 bits per heavy atom. The number of rotatable bonds is 3. The van der Waals surface area contributed by atoms with Crippen molar-refractivity contribution in [1.82, 2.24) is 19.7 Å². The third-order valence-electron chi connectivity index (χ3n) is 7.37. The Balaban J connectivity index is 1.34. The van der Waals surface area contributed by atoms with E-state index in [4.69, 9.17) is 10.2 Å². The number of nitriles is 1. The smallest absolute Gasteiger partial charge is 0.261 e. The Morgan fingerprint density at radius 1 is 1.03 bits per heavy atom. The number of benzene rings is 2. The van der Waals surface area contributed by atoms with Crippen molar-refractivity contribution in [3.63, 3.8) is 0 Å². The van der Waals surface area contributed by atoms with Gasteiger partial charge < -0.3 is 14.7 Å². The molecule has 0 radical (unpaired) electrons. The summed E-state index contributed by atoms with van der Waals surface area (Å²) in [4.78, 5) is 25.0. The number of hydrogen-bond acceptors (Lipinski definition) is 6. The summed E-state index contributed by atoms with van der Waals surface area (Å²) in [6, 6.07) is 15.8. The van der Waals surface area contributed by atoms with Gasteiger partial charge in [-0.1, -0.05) is 0 Å². The summed E-state index contributed by atoms with van der Waals surface area (Å²) in [5.41, 5.74) is 4.91. The van der Waals surface area contributed by atoms with Gasteiger partial charge in [0.05, 0.1) is 34.8 Å². The van der Waals surface area contributed by atoms with Crippen molar-refractivity contribution in [1.29, 1.82) is 5.26 Å². The molecule has 1 saturated heterocycles. The SMILES string of the molecule is Cc1c(C(=O)N2CCc3cc4ccnc(N5CCN(C)CC5)c4cc32)cnn1-c1ccc(C#N)cc1. The minimum absolute atomic E-state index is 0.0458. The summed E-state index contributed by atoms with van der Waals surface area (Å²) in [6.07, 6.45) is 4.36. The van der Waals surface area contributed by atoms with Gasteiger partial charge >= 0.3 is 0 Å². The van der Waals surface area contributed by atoms with Gasteiger partial charge in [-0.25, -0.2) is 9.67 Å². The van der Waals surface area contributed by atoms with E-state index in [9.17, 15) is 4.79 Å². The summed E-state index contributed by atoms with van der Waals surface area (Å²) >= 11 is 0. The average molecular weight is 478 g/mol. The molecule has 2 aromatic heterocycles. The van der Waals surface area contributed by atoms with Crippen LogP contribution < -0.4 is 9.80 Å². The second kappa shape index (κ2) is 8.77. The molecule has 2 aromatic carbocycles. The summed E-state index contributed by atoms with van der Waals surface area (Å²) in [5.74, 6) is 0.947. The molecule has 0 bridgehead atoms. The van der Waals surface area contributed by atoms with Crippen LogP contribution in [0.15, 0.2) is 54.9 Å². The maximum atomic E-state index is 13.7. The zero-order valence-electron chi connectivity index (χ0n) is 20.5. The molecule has 4 heterocycles. The Kier molecular flexibility index (Phi) is 5.42. The van der Waals surface area contributed by atoms with Crippen LogP contribution in [0.1, 0.15) is 27.2 Å². The van der Waals surface area contributed by atoms with Crippen LogP contribution >= 0.6 is 0 Å². The number of anilines is 2. The van der Waals surface area contributed by atoms with Crippen molar-refractivity contribution in [3.05, 3.63) is 77.2 Å². The largest absolute Gasteiger partial charge is 0.354 e. The Morgan fingerprint density at radius 3 is 2.56 bits per heavy atom. The fraction of sp³-hybridized carbons (Fsp3) is 0.286. The molecule has 8 nitrogen and oxygen atoms in total. The first-order valence-electron chi connectivity index (χ1n) is 12.3. The molecule has 36 heavy (non-hydrogen) atoms. The number of amides is 1. The Bertz CT molecular complexity index is 1510. The van der Waals surface area contributed by atoms with Crippen LogP contribution in [-0.4, -0.2) is 65.3 Å². The van der Waals surface area contributed by atoms with Gasteiger partial charge in [-0.05, 0) is 73.8 Å². The standard InChI is InChI=1S/C28H27N7O/c1-19-25(18-31-35(19)23-5-3-20(17-29)4-6-23)28(36)34-10-8-22-15-21-7-9-30-27(24(21)16-26(22)34)33-13-11-32(2)12-14-33/h3-7,9,15-16,18H,8,10-14H2,1-2H3. The van der Waals surface area contributed by atoms with Gasteiger partial charge in [0.25, 0.3) is 5.91 Å². The zero-order valence-corrected chi connectivity index (χ0v) is 20.5. The molecule has 180 valence electrons. The fourth-order valence-corrected chi connectivity index (χ4v) is 5.23. The summed E-state index contributed by atoms with van der Waals surface area (Å²) in [7, 11) is 2.15. The van der Waals surface area contributed by atoms with E-state index in [0.29, 0.717) is 17.7 Å². The third-order valence-corrected chi connectivity index (χ3v) is 7.37. The molecule has 0 unspecified atom stereocenters. The predicted octanol–water partition coefficient (Wildman–Crippen LogP) is 3.56. The van der Waals surface area contributed by atoms with Crippen LogP contribution in [0.4, 0.5) is 11.5 Å². The second-order valence-corrected chi connectivity index (χ2v) is 9.55. The molecule has 0 spiro atoms. The van der Waals surface area contributed by atoms with Crippen molar-refractivity contribution >= 4 is 28.2 Å². The lowest BCUT2D eigenvalue weighted by Crippen LogP contribution is -2.44. The molecule has 0 aliphatic carbocycles. The normalized spacial score (nSPS) is 15.8. The van der Waals surface area contributed by atoms with E-state index in [0.717, 1.165) is 66.3 Å². The van der Waals surface area contributed by atoms with Crippen LogP contribution in [0.25, 0.3) is 16.5 Å². The minimum atomic E-state index is -0.0458. The number of carbonyl (C=O) groups is 1. The number of hydrogen-bond donors (Lipinski definition) is 0. The average Bonchev–Trinajstić information content (AvgIpc) is 3.50. The predicted molar refractivity (Wildman–Crippen MR) is 140 cm³/mol. The van der Waals surface area contributed by atoms with Crippen LogP contribution in [-0.2, 0) is 6.42 Å². The third kappa shape index (κ3) is 3.69. The van der Waals surface area contributed by atoms with E-state index in [1.54, 1.807) is 23.0 Å². The zero-order chi connectivity index (χ0) is 24.8. The molecule has 6 rings (SSSR count). The van der Waals surface area contributed by atoms with Gasteiger partial charge in [0.1, 0.15) is 5.82 Å². The highest BCUT2D eigenvalue weighted by molar-refractivity contribution is 6.09. The molecular weight excluding hydrogens is 450 g/mol. The molecule has 4 aromatic rings. The van der Waals surface area contributed by atoms with Crippen LogP contribution in [0.3, 0.4) is 0 Å². The highest BCUT2D eigenvalue weighted by Crippen LogP contribution is 2.37. The summed E-state index contributed by atoms with van der Waals surface area (Å²) in [5, 5.41) is 15.8. The lowest BCUT2D eigenvalue weighted by Gasteiger charge is -2.33. The van der Waals surface area contributed by atoms with Crippen molar-refractivity contribution in [2.75, 3.05) is 49.6 Å². The summed E-state index contributed by atoms with van der Waals surface area (Å²) < 4.78 is 1.75. The topological polar surface area (TPSA) is 81.3 Å². The molecule has 1 fully saturated rings. The first kappa shape index (κ1) is 22.3. The van der Waals surface area contributed by atoms with Gasteiger partial charge in [-0.15, -0.1) is 0 Å². The van der Waals surface area contributed by atoms with Gasteiger partial charge in [0, 0.05) is 50.0 Å². The number of aromatic nitrogens is 3. The van der Waals surface area contributed by atoms with Gasteiger partial charge in [-0.3, -0.25) is 4.79 Å². The van der Waals surface area contributed by atoms with E-state index in [1.165, 1.54) is 5.56 Å². The van der Waals surface area contributed by atoms with Gasteiger partial charge in [0.15, 0.2) is 0 Å². The lowest BCUT2D eigenvalue weighted by atomic mass is 10.0. The van der Waals surface area contributed by atoms with Crippen molar-refractivity contribution in [3.8, 4) is 11.8 Å². The number of nitrogens with zero attached hydrogens (tertiary/aromatic N) is 7. The van der Waals surface area contributed by atoms with Crippen molar-refractivity contribution < 1.29 is 4.79 Å². The number of carbonyl (C=O) groups excluding carboxylic acids is 1. The monoisotopic (exact) mass is 477 g/mol. The van der Waals surface area contributed by atoms with E-state index in [2.05, 4.69) is 46.2 Å². The Hall–Kier alpha value is -4.22. The molecule has 8 heteroatoms. The molecular formula is C28H27N7O. The van der Waals surface area contributed by atoms with Gasteiger partial charge in [-0.2, -0.15) is 10.4 Å². The number of pyridine rings is 1. The van der Waals surface area contributed by atoms with Crippen molar-refractivity contribution in [2.24, 2.45) is 0 Å². The maximum absolute atomic E-state index is 13.7. The first-order chi connectivity index (χ1) is 17.5. The second-order valence-electron chi connectivity index (χ2n) is 9.55. The molecule has 2 aliphatic rings. The number of fused-ring (bicyclic) bond motifs is 2. The molecule has 0 saturated carbocycles. The van der Waals surface area contributed by atoms with Gasteiger partial charge in [0.2, 0.25) is 0 Å². The fourth-order valence-electron chi connectivity index (χ4n) is 5.23. The number of likely N-dealkylation sites (N-methyl/N-ethyl adjacent to an activating group) is 1. The van der Waals surface area contributed by atoms with E-state index in [1.807, 2.05) is 30.2 Å². The quantitative estimate of drug-likeness (QED) is 0.449. The molecule has 0 atom stereocenters. The minimum Gasteiger partial charge on any atom is -0.354 e. The number of piperazine rings is 1. The van der Waals surface area contributed by atoms with E-state index >= 15 is 0 Å².